The minimum atomic E-state index is 1.12. The Morgan fingerprint density at radius 2 is 0.837 bits per heavy atom. The average molecular weight is 553 g/mol. The summed E-state index contributed by atoms with van der Waals surface area (Å²) in [4.78, 5) is 4.58. The fourth-order valence-corrected chi connectivity index (χ4v) is 5.80. The van der Waals surface area contributed by atoms with Crippen LogP contribution in [0.1, 0.15) is 0 Å². The van der Waals surface area contributed by atoms with Gasteiger partial charge in [0.15, 0.2) is 0 Å². The minimum absolute atomic E-state index is 1.12. The maximum absolute atomic E-state index is 2.32. The Hall–Kier alpha value is -5.60. The SMILES string of the molecule is CN(c1ccc(-c2ccc(N(c3ccccc3)c3cccc(-c4ccccc4)c3)cc2)cc1)c1cccc2ccccc12. The van der Waals surface area contributed by atoms with Crippen LogP contribution < -0.4 is 9.80 Å². The van der Waals surface area contributed by atoms with E-state index in [-0.39, 0.29) is 0 Å². The first-order chi connectivity index (χ1) is 21.2. The molecule has 0 spiro atoms. The van der Waals surface area contributed by atoms with Gasteiger partial charge in [0.2, 0.25) is 0 Å². The Balaban J connectivity index is 1.18. The molecule has 0 amide bonds. The van der Waals surface area contributed by atoms with Gasteiger partial charge in [-0.05, 0) is 82.2 Å². The van der Waals surface area contributed by atoms with Crippen molar-refractivity contribution in [2.45, 2.75) is 0 Å². The van der Waals surface area contributed by atoms with Crippen molar-refractivity contribution in [3.05, 3.63) is 176 Å². The normalized spacial score (nSPS) is 10.9. The van der Waals surface area contributed by atoms with E-state index in [4.69, 9.17) is 0 Å². The molecule has 0 bridgehead atoms. The highest BCUT2D eigenvalue weighted by Gasteiger charge is 2.14. The van der Waals surface area contributed by atoms with Crippen molar-refractivity contribution in [2.75, 3.05) is 16.8 Å². The maximum Gasteiger partial charge on any atom is 0.0487 e. The largest absolute Gasteiger partial charge is 0.344 e. The van der Waals surface area contributed by atoms with Crippen LogP contribution in [0.3, 0.4) is 0 Å². The van der Waals surface area contributed by atoms with Gasteiger partial charge < -0.3 is 9.80 Å². The first-order valence-corrected chi connectivity index (χ1v) is 14.7. The fraction of sp³-hybridized carbons (Fsp3) is 0.0244. The van der Waals surface area contributed by atoms with E-state index in [1.807, 2.05) is 0 Å². The summed E-state index contributed by atoms with van der Waals surface area (Å²) in [5, 5.41) is 2.50. The molecule has 206 valence electrons. The fourth-order valence-electron chi connectivity index (χ4n) is 5.80. The smallest absolute Gasteiger partial charge is 0.0487 e. The summed E-state index contributed by atoms with van der Waals surface area (Å²) in [6.07, 6.45) is 0. The predicted molar refractivity (Wildman–Crippen MR) is 184 cm³/mol. The van der Waals surface area contributed by atoms with E-state index in [1.54, 1.807) is 0 Å². The van der Waals surface area contributed by atoms with E-state index in [0.717, 1.165) is 22.7 Å². The van der Waals surface area contributed by atoms with Crippen LogP contribution in [0.5, 0.6) is 0 Å². The van der Waals surface area contributed by atoms with E-state index in [9.17, 15) is 0 Å². The van der Waals surface area contributed by atoms with E-state index in [0.29, 0.717) is 0 Å². The van der Waals surface area contributed by atoms with Gasteiger partial charge in [-0.3, -0.25) is 0 Å². The van der Waals surface area contributed by atoms with Crippen molar-refractivity contribution >= 4 is 39.2 Å². The van der Waals surface area contributed by atoms with E-state index in [1.165, 1.54) is 38.7 Å². The summed E-state index contributed by atoms with van der Waals surface area (Å²) >= 11 is 0. The number of nitrogens with zero attached hydrogens (tertiary/aromatic N) is 2. The molecule has 0 saturated heterocycles. The van der Waals surface area contributed by atoms with Crippen LogP contribution in [-0.4, -0.2) is 7.05 Å². The van der Waals surface area contributed by atoms with Crippen molar-refractivity contribution in [2.24, 2.45) is 0 Å². The molecule has 0 fully saturated rings. The van der Waals surface area contributed by atoms with Crippen LogP contribution in [0.2, 0.25) is 0 Å². The second kappa shape index (κ2) is 11.7. The van der Waals surface area contributed by atoms with Gasteiger partial charge in [-0.2, -0.15) is 0 Å². The zero-order valence-corrected chi connectivity index (χ0v) is 24.1. The van der Waals surface area contributed by atoms with Crippen LogP contribution in [-0.2, 0) is 0 Å². The molecule has 0 N–H and O–H groups in total. The molecule has 0 heterocycles. The van der Waals surface area contributed by atoms with Gasteiger partial charge in [0.05, 0.1) is 0 Å². The van der Waals surface area contributed by atoms with Gasteiger partial charge in [-0.15, -0.1) is 0 Å². The third-order valence-corrected chi connectivity index (χ3v) is 8.07. The molecular weight excluding hydrogens is 520 g/mol. The number of hydrogen-bond acceptors (Lipinski definition) is 2. The minimum Gasteiger partial charge on any atom is -0.344 e. The molecular formula is C41H32N2. The van der Waals surface area contributed by atoms with Gasteiger partial charge in [0.1, 0.15) is 0 Å². The molecule has 2 heteroatoms. The highest BCUT2D eigenvalue weighted by atomic mass is 15.1. The van der Waals surface area contributed by atoms with Crippen LogP contribution in [0, 0.1) is 0 Å². The number of anilines is 5. The monoisotopic (exact) mass is 552 g/mol. The Labute approximate surface area is 253 Å². The quantitative estimate of drug-likeness (QED) is 0.194. The average Bonchev–Trinajstić information content (AvgIpc) is 3.09. The molecule has 0 aromatic heterocycles. The van der Waals surface area contributed by atoms with E-state index >= 15 is 0 Å². The van der Waals surface area contributed by atoms with Crippen LogP contribution in [0.4, 0.5) is 28.4 Å². The van der Waals surface area contributed by atoms with Gasteiger partial charge in [-0.1, -0.05) is 121 Å². The molecule has 0 aliphatic heterocycles. The van der Waals surface area contributed by atoms with Gasteiger partial charge >= 0.3 is 0 Å². The number of benzene rings is 7. The first-order valence-electron chi connectivity index (χ1n) is 14.7. The molecule has 0 aliphatic rings. The van der Waals surface area contributed by atoms with E-state index < -0.39 is 0 Å². The third kappa shape index (κ3) is 5.39. The van der Waals surface area contributed by atoms with Crippen molar-refractivity contribution < 1.29 is 0 Å². The van der Waals surface area contributed by atoms with Gasteiger partial charge in [-0.25, -0.2) is 0 Å². The third-order valence-electron chi connectivity index (χ3n) is 8.07. The second-order valence-corrected chi connectivity index (χ2v) is 10.7. The lowest BCUT2D eigenvalue weighted by Crippen LogP contribution is -2.10. The summed E-state index contributed by atoms with van der Waals surface area (Å²) in [5.74, 6) is 0. The number of para-hydroxylation sites is 1. The van der Waals surface area contributed by atoms with Gasteiger partial charge in [0, 0.05) is 40.9 Å². The van der Waals surface area contributed by atoms with Crippen molar-refractivity contribution in [3.63, 3.8) is 0 Å². The standard InChI is InChI=1S/C41H32N2/c1-42(41-21-11-15-34-14-8-9-20-40(34)41)36-26-22-32(23-27-36)33-24-28-38(29-25-33)43(37-17-6-3-7-18-37)39-19-10-16-35(30-39)31-12-4-2-5-13-31/h2-30H,1H3. The molecule has 0 atom stereocenters. The number of rotatable bonds is 7. The van der Waals surface area contributed by atoms with Crippen molar-refractivity contribution in [3.8, 4) is 22.3 Å². The Kier molecular flexibility index (Phi) is 7.17. The summed E-state index contributed by atoms with van der Waals surface area (Å²) < 4.78 is 0. The highest BCUT2D eigenvalue weighted by molar-refractivity contribution is 5.96. The maximum atomic E-state index is 2.32. The summed E-state index contributed by atoms with van der Waals surface area (Å²) in [6, 6.07) is 62.6. The van der Waals surface area contributed by atoms with Crippen molar-refractivity contribution in [1.29, 1.82) is 0 Å². The van der Waals surface area contributed by atoms with Crippen molar-refractivity contribution in [1.82, 2.24) is 0 Å². The lowest BCUT2D eigenvalue weighted by atomic mass is 10.0. The molecule has 0 radical (unpaired) electrons. The molecule has 2 nitrogen and oxygen atoms in total. The van der Waals surface area contributed by atoms with E-state index in [2.05, 4.69) is 193 Å². The molecule has 7 aromatic carbocycles. The van der Waals surface area contributed by atoms with Crippen LogP contribution in [0.15, 0.2) is 176 Å². The molecule has 7 aromatic rings. The van der Waals surface area contributed by atoms with Crippen LogP contribution >= 0.6 is 0 Å². The highest BCUT2D eigenvalue weighted by Crippen LogP contribution is 2.38. The predicted octanol–water partition coefficient (Wildman–Crippen LogP) is 11.4. The Morgan fingerprint density at radius 3 is 1.56 bits per heavy atom. The molecule has 0 aliphatic carbocycles. The number of hydrogen-bond donors (Lipinski definition) is 0. The molecule has 7 rings (SSSR count). The Bertz CT molecular complexity index is 1960. The zero-order valence-electron chi connectivity index (χ0n) is 24.1. The summed E-state index contributed by atoms with van der Waals surface area (Å²) in [5.41, 5.74) is 10.5. The molecule has 0 unspecified atom stereocenters. The lowest BCUT2D eigenvalue weighted by molar-refractivity contribution is 1.22. The van der Waals surface area contributed by atoms with Crippen LogP contribution in [0.25, 0.3) is 33.0 Å². The van der Waals surface area contributed by atoms with Gasteiger partial charge in [0.25, 0.3) is 0 Å². The molecule has 43 heavy (non-hydrogen) atoms. The first kappa shape index (κ1) is 26.3. The Morgan fingerprint density at radius 1 is 0.349 bits per heavy atom. The lowest BCUT2D eigenvalue weighted by Gasteiger charge is -2.26. The zero-order chi connectivity index (χ0) is 29.0. The summed E-state index contributed by atoms with van der Waals surface area (Å²) in [7, 11) is 2.14. The topological polar surface area (TPSA) is 6.48 Å². The molecule has 0 saturated carbocycles. The number of fused-ring (bicyclic) bond motifs is 1. The second-order valence-electron chi connectivity index (χ2n) is 10.7. The summed E-state index contributed by atoms with van der Waals surface area (Å²) in [6.45, 7) is 0.